The Bertz CT molecular complexity index is 429. The Morgan fingerprint density at radius 3 is 2.18 bits per heavy atom. The number of nitrogens with one attached hydrogen (secondary N) is 1. The molecule has 0 radical (unpaired) electrons. The standard InChI is InChI=1S/C13H17NO3/c1-5-17-13(16)12-8(2)6-11(7-9(12)3)14-10(4)15/h6-7H,5H2,1-4H3,(H,14,15). The maximum atomic E-state index is 11.7. The van der Waals surface area contributed by atoms with Gasteiger partial charge in [-0.25, -0.2) is 4.79 Å². The third kappa shape index (κ3) is 3.31. The van der Waals surface area contributed by atoms with Crippen LogP contribution in [0.2, 0.25) is 0 Å². The van der Waals surface area contributed by atoms with Crippen molar-refractivity contribution in [1.82, 2.24) is 0 Å². The molecule has 0 atom stereocenters. The van der Waals surface area contributed by atoms with E-state index in [9.17, 15) is 9.59 Å². The van der Waals surface area contributed by atoms with Gasteiger partial charge in [0.05, 0.1) is 12.2 Å². The fraction of sp³-hybridized carbons (Fsp3) is 0.385. The SMILES string of the molecule is CCOC(=O)c1c(C)cc(NC(C)=O)cc1C. The van der Waals surface area contributed by atoms with Gasteiger partial charge in [-0.2, -0.15) is 0 Å². The summed E-state index contributed by atoms with van der Waals surface area (Å²) in [5.41, 5.74) is 2.86. The Kier molecular flexibility index (Phi) is 4.26. The molecule has 92 valence electrons. The molecule has 1 rings (SSSR count). The van der Waals surface area contributed by atoms with E-state index in [4.69, 9.17) is 4.74 Å². The third-order valence-electron chi connectivity index (χ3n) is 2.33. The van der Waals surface area contributed by atoms with Crippen molar-refractivity contribution in [3.63, 3.8) is 0 Å². The topological polar surface area (TPSA) is 55.4 Å². The van der Waals surface area contributed by atoms with Crippen molar-refractivity contribution in [3.8, 4) is 0 Å². The Balaban J connectivity index is 3.10. The van der Waals surface area contributed by atoms with Crippen molar-refractivity contribution in [3.05, 3.63) is 28.8 Å². The fourth-order valence-electron chi connectivity index (χ4n) is 1.76. The number of ether oxygens (including phenoxy) is 1. The van der Waals surface area contributed by atoms with Gasteiger partial charge >= 0.3 is 5.97 Å². The van der Waals surface area contributed by atoms with Crippen LogP contribution in [0.3, 0.4) is 0 Å². The number of rotatable bonds is 3. The first-order valence-corrected chi connectivity index (χ1v) is 5.51. The molecule has 1 aromatic carbocycles. The second-order valence-corrected chi connectivity index (χ2v) is 3.89. The van der Waals surface area contributed by atoms with Gasteiger partial charge in [-0.1, -0.05) is 0 Å². The molecule has 4 nitrogen and oxygen atoms in total. The second kappa shape index (κ2) is 5.48. The Morgan fingerprint density at radius 2 is 1.76 bits per heavy atom. The van der Waals surface area contributed by atoms with Crippen LogP contribution in [0.5, 0.6) is 0 Å². The van der Waals surface area contributed by atoms with Gasteiger partial charge in [-0.15, -0.1) is 0 Å². The van der Waals surface area contributed by atoms with Crippen LogP contribution in [0, 0.1) is 13.8 Å². The summed E-state index contributed by atoms with van der Waals surface area (Å²) in [6.45, 7) is 7.22. The van der Waals surface area contributed by atoms with Crippen molar-refractivity contribution in [2.45, 2.75) is 27.7 Å². The quantitative estimate of drug-likeness (QED) is 0.819. The van der Waals surface area contributed by atoms with Crippen LogP contribution < -0.4 is 5.32 Å². The lowest BCUT2D eigenvalue weighted by Gasteiger charge is -2.11. The number of benzene rings is 1. The van der Waals surface area contributed by atoms with Gasteiger partial charge in [0.2, 0.25) is 5.91 Å². The summed E-state index contributed by atoms with van der Waals surface area (Å²) in [5.74, 6) is -0.454. The van der Waals surface area contributed by atoms with Crippen LogP contribution >= 0.6 is 0 Å². The first-order chi connectivity index (χ1) is 7.95. The molecule has 0 aliphatic rings. The first kappa shape index (κ1) is 13.2. The molecule has 0 fully saturated rings. The zero-order valence-electron chi connectivity index (χ0n) is 10.6. The van der Waals surface area contributed by atoms with E-state index >= 15 is 0 Å². The number of anilines is 1. The lowest BCUT2D eigenvalue weighted by atomic mass is 10.0. The summed E-state index contributed by atoms with van der Waals surface area (Å²) in [5, 5.41) is 2.69. The largest absolute Gasteiger partial charge is 0.462 e. The minimum absolute atomic E-state index is 0.132. The molecule has 0 aromatic heterocycles. The number of carbonyl (C=O) groups excluding carboxylic acids is 2. The summed E-state index contributed by atoms with van der Waals surface area (Å²) in [7, 11) is 0. The molecule has 0 bridgehead atoms. The fourth-order valence-corrected chi connectivity index (χ4v) is 1.76. The molecule has 1 N–H and O–H groups in total. The van der Waals surface area contributed by atoms with E-state index in [0.29, 0.717) is 17.9 Å². The van der Waals surface area contributed by atoms with E-state index in [0.717, 1.165) is 11.1 Å². The number of esters is 1. The number of carbonyl (C=O) groups is 2. The molecular weight excluding hydrogens is 218 g/mol. The lowest BCUT2D eigenvalue weighted by Crippen LogP contribution is -2.11. The van der Waals surface area contributed by atoms with Gasteiger partial charge < -0.3 is 10.1 Å². The zero-order chi connectivity index (χ0) is 13.0. The zero-order valence-corrected chi connectivity index (χ0v) is 10.6. The van der Waals surface area contributed by atoms with E-state index in [2.05, 4.69) is 5.32 Å². The van der Waals surface area contributed by atoms with E-state index < -0.39 is 0 Å². The molecule has 0 aliphatic heterocycles. The lowest BCUT2D eigenvalue weighted by molar-refractivity contribution is -0.114. The van der Waals surface area contributed by atoms with Crippen LogP contribution in [-0.4, -0.2) is 18.5 Å². The minimum atomic E-state index is -0.322. The molecule has 4 heteroatoms. The highest BCUT2D eigenvalue weighted by Crippen LogP contribution is 2.21. The van der Waals surface area contributed by atoms with Crippen molar-refractivity contribution < 1.29 is 14.3 Å². The molecule has 17 heavy (non-hydrogen) atoms. The van der Waals surface area contributed by atoms with Gasteiger partial charge in [0.1, 0.15) is 0 Å². The maximum Gasteiger partial charge on any atom is 0.338 e. The molecule has 0 aliphatic carbocycles. The number of amides is 1. The normalized spacial score (nSPS) is 9.88. The van der Waals surface area contributed by atoms with Gasteiger partial charge in [-0.05, 0) is 44.0 Å². The number of hydrogen-bond donors (Lipinski definition) is 1. The monoisotopic (exact) mass is 235 g/mol. The molecular formula is C13H17NO3. The smallest absolute Gasteiger partial charge is 0.338 e. The Hall–Kier alpha value is -1.84. The van der Waals surface area contributed by atoms with Crippen LogP contribution in [-0.2, 0) is 9.53 Å². The van der Waals surface area contributed by atoms with Crippen LogP contribution in [0.1, 0.15) is 35.3 Å². The predicted octanol–water partition coefficient (Wildman–Crippen LogP) is 2.44. The van der Waals surface area contributed by atoms with E-state index in [1.54, 1.807) is 19.1 Å². The number of aryl methyl sites for hydroxylation is 2. The van der Waals surface area contributed by atoms with Crippen molar-refractivity contribution in [1.29, 1.82) is 0 Å². The molecule has 0 heterocycles. The molecule has 1 amide bonds. The molecule has 0 unspecified atom stereocenters. The summed E-state index contributed by atoms with van der Waals surface area (Å²) < 4.78 is 4.98. The first-order valence-electron chi connectivity index (χ1n) is 5.51. The van der Waals surface area contributed by atoms with Gasteiger partial charge in [0.15, 0.2) is 0 Å². The van der Waals surface area contributed by atoms with E-state index in [-0.39, 0.29) is 11.9 Å². The third-order valence-corrected chi connectivity index (χ3v) is 2.33. The highest BCUT2D eigenvalue weighted by atomic mass is 16.5. The molecule has 1 aromatic rings. The Labute approximate surface area is 101 Å². The summed E-state index contributed by atoms with van der Waals surface area (Å²) >= 11 is 0. The van der Waals surface area contributed by atoms with Crippen LogP contribution in [0.25, 0.3) is 0 Å². The van der Waals surface area contributed by atoms with Crippen LogP contribution in [0.4, 0.5) is 5.69 Å². The number of hydrogen-bond acceptors (Lipinski definition) is 3. The van der Waals surface area contributed by atoms with Crippen molar-refractivity contribution >= 4 is 17.6 Å². The summed E-state index contributed by atoms with van der Waals surface area (Å²) in [6, 6.07) is 3.53. The molecule has 0 saturated heterocycles. The second-order valence-electron chi connectivity index (χ2n) is 3.89. The Morgan fingerprint density at radius 1 is 1.24 bits per heavy atom. The molecule has 0 spiro atoms. The van der Waals surface area contributed by atoms with Gasteiger partial charge in [-0.3, -0.25) is 4.79 Å². The highest BCUT2D eigenvalue weighted by Gasteiger charge is 2.14. The van der Waals surface area contributed by atoms with Crippen molar-refractivity contribution in [2.75, 3.05) is 11.9 Å². The van der Waals surface area contributed by atoms with E-state index in [1.165, 1.54) is 6.92 Å². The summed E-state index contributed by atoms with van der Waals surface area (Å²) in [6.07, 6.45) is 0. The average molecular weight is 235 g/mol. The van der Waals surface area contributed by atoms with Gasteiger partial charge in [0.25, 0.3) is 0 Å². The highest BCUT2D eigenvalue weighted by molar-refractivity contribution is 5.95. The van der Waals surface area contributed by atoms with Gasteiger partial charge in [0, 0.05) is 12.6 Å². The van der Waals surface area contributed by atoms with Crippen molar-refractivity contribution in [2.24, 2.45) is 0 Å². The molecule has 0 saturated carbocycles. The predicted molar refractivity (Wildman–Crippen MR) is 66.2 cm³/mol. The van der Waals surface area contributed by atoms with Crippen LogP contribution in [0.15, 0.2) is 12.1 Å². The van der Waals surface area contributed by atoms with E-state index in [1.807, 2.05) is 13.8 Å². The summed E-state index contributed by atoms with van der Waals surface area (Å²) in [4.78, 5) is 22.7. The minimum Gasteiger partial charge on any atom is -0.462 e. The average Bonchev–Trinajstić information content (AvgIpc) is 2.15. The maximum absolute atomic E-state index is 11.7.